The quantitative estimate of drug-likeness (QED) is 0.801. The molecule has 2 aromatic rings. The fourth-order valence-electron chi connectivity index (χ4n) is 1.58. The van der Waals surface area contributed by atoms with Gasteiger partial charge in [0.2, 0.25) is 5.56 Å². The third-order valence-electron chi connectivity index (χ3n) is 2.58. The molecule has 98 valence electrons. The molecule has 0 aliphatic carbocycles. The molecule has 0 aliphatic heterocycles. The molecule has 0 saturated heterocycles. The second kappa shape index (κ2) is 4.93. The van der Waals surface area contributed by atoms with Gasteiger partial charge in [-0.25, -0.2) is 4.39 Å². The number of rotatable bonds is 2. The van der Waals surface area contributed by atoms with E-state index in [1.807, 2.05) is 0 Å². The number of aromatic nitrogens is 1. The molecule has 5 nitrogen and oxygen atoms in total. The number of nitrogen functional groups attached to an aromatic ring is 1. The first kappa shape index (κ1) is 12.8. The lowest BCUT2D eigenvalue weighted by molar-refractivity contribution is 0.102. The van der Waals surface area contributed by atoms with Gasteiger partial charge in [-0.3, -0.25) is 9.59 Å². The molecule has 0 aliphatic rings. The monoisotopic (exact) mass is 261 g/mol. The van der Waals surface area contributed by atoms with Gasteiger partial charge in [-0.15, -0.1) is 0 Å². The maximum atomic E-state index is 13.5. The SMILES string of the molecule is Cn1cc(NC(=O)c2cc(N)ccc2F)ccc1=O. The van der Waals surface area contributed by atoms with Crippen molar-refractivity contribution in [2.24, 2.45) is 7.05 Å². The minimum Gasteiger partial charge on any atom is -0.399 e. The first-order valence-electron chi connectivity index (χ1n) is 5.50. The summed E-state index contributed by atoms with van der Waals surface area (Å²) in [5.74, 6) is -1.28. The lowest BCUT2D eigenvalue weighted by atomic mass is 10.1. The van der Waals surface area contributed by atoms with Crippen molar-refractivity contribution in [3.63, 3.8) is 0 Å². The molecule has 0 spiro atoms. The van der Waals surface area contributed by atoms with Crippen molar-refractivity contribution in [3.8, 4) is 0 Å². The molecular weight excluding hydrogens is 249 g/mol. The number of anilines is 2. The Labute approximate surface area is 108 Å². The summed E-state index contributed by atoms with van der Waals surface area (Å²) in [7, 11) is 1.55. The first-order chi connectivity index (χ1) is 8.97. The summed E-state index contributed by atoms with van der Waals surface area (Å²) in [6.07, 6.45) is 1.45. The second-order valence-electron chi connectivity index (χ2n) is 4.06. The molecule has 19 heavy (non-hydrogen) atoms. The highest BCUT2D eigenvalue weighted by atomic mass is 19.1. The number of aryl methyl sites for hydroxylation is 1. The highest BCUT2D eigenvalue weighted by Crippen LogP contribution is 2.14. The minimum atomic E-state index is -0.656. The molecule has 2 rings (SSSR count). The van der Waals surface area contributed by atoms with Crippen LogP contribution in [0.25, 0.3) is 0 Å². The van der Waals surface area contributed by atoms with Crippen LogP contribution in [0.2, 0.25) is 0 Å². The summed E-state index contributed by atoms with van der Waals surface area (Å²) in [6.45, 7) is 0. The molecule has 1 aromatic heterocycles. The van der Waals surface area contributed by atoms with Crippen LogP contribution in [0.5, 0.6) is 0 Å². The van der Waals surface area contributed by atoms with Crippen molar-refractivity contribution in [2.75, 3.05) is 11.1 Å². The Hall–Kier alpha value is -2.63. The van der Waals surface area contributed by atoms with E-state index in [4.69, 9.17) is 5.73 Å². The Kier molecular flexibility index (Phi) is 3.33. The number of benzene rings is 1. The van der Waals surface area contributed by atoms with Gasteiger partial charge in [-0.1, -0.05) is 0 Å². The summed E-state index contributed by atoms with van der Waals surface area (Å²) in [6, 6.07) is 6.52. The van der Waals surface area contributed by atoms with Crippen LogP contribution >= 0.6 is 0 Å². The molecular formula is C13H12FN3O2. The number of nitrogens with zero attached hydrogens (tertiary/aromatic N) is 1. The number of hydrogen-bond acceptors (Lipinski definition) is 3. The van der Waals surface area contributed by atoms with Gasteiger partial charge in [0.25, 0.3) is 5.91 Å². The number of amides is 1. The Morgan fingerprint density at radius 2 is 2.05 bits per heavy atom. The summed E-state index contributed by atoms with van der Waals surface area (Å²) < 4.78 is 14.8. The smallest absolute Gasteiger partial charge is 0.258 e. The van der Waals surface area contributed by atoms with Crippen LogP contribution in [0.3, 0.4) is 0 Å². The van der Waals surface area contributed by atoms with Crippen LogP contribution in [-0.4, -0.2) is 10.5 Å². The predicted molar refractivity (Wildman–Crippen MR) is 70.4 cm³/mol. The molecule has 1 amide bonds. The zero-order valence-electron chi connectivity index (χ0n) is 10.2. The van der Waals surface area contributed by atoms with Gasteiger partial charge in [-0.05, 0) is 24.3 Å². The van der Waals surface area contributed by atoms with Crippen molar-refractivity contribution in [1.82, 2.24) is 4.57 Å². The van der Waals surface area contributed by atoms with Crippen LogP contribution in [0.15, 0.2) is 41.3 Å². The molecule has 6 heteroatoms. The lowest BCUT2D eigenvalue weighted by Gasteiger charge is -2.07. The van der Waals surface area contributed by atoms with Crippen molar-refractivity contribution < 1.29 is 9.18 Å². The fraction of sp³-hybridized carbons (Fsp3) is 0.0769. The maximum Gasteiger partial charge on any atom is 0.258 e. The average molecular weight is 261 g/mol. The van der Waals surface area contributed by atoms with Gasteiger partial charge in [0, 0.05) is 25.0 Å². The van der Waals surface area contributed by atoms with E-state index in [0.717, 1.165) is 6.07 Å². The first-order valence-corrected chi connectivity index (χ1v) is 5.50. The summed E-state index contributed by atoms with van der Waals surface area (Å²) in [5.41, 5.74) is 5.86. The van der Waals surface area contributed by atoms with Gasteiger partial charge in [0.05, 0.1) is 11.3 Å². The zero-order valence-corrected chi connectivity index (χ0v) is 10.2. The van der Waals surface area contributed by atoms with E-state index in [1.54, 1.807) is 7.05 Å². The standard InChI is InChI=1S/C13H12FN3O2/c1-17-7-9(3-5-12(17)18)16-13(19)10-6-8(15)2-4-11(10)14/h2-7H,15H2,1H3,(H,16,19). The molecule has 0 saturated carbocycles. The van der Waals surface area contributed by atoms with Crippen LogP contribution in [0.4, 0.5) is 15.8 Å². The number of hydrogen-bond donors (Lipinski definition) is 2. The minimum absolute atomic E-state index is 0.145. The summed E-state index contributed by atoms with van der Waals surface area (Å²) in [4.78, 5) is 23.1. The summed E-state index contributed by atoms with van der Waals surface area (Å²) in [5, 5.41) is 2.50. The molecule has 1 aromatic carbocycles. The lowest BCUT2D eigenvalue weighted by Crippen LogP contribution is -2.18. The highest BCUT2D eigenvalue weighted by Gasteiger charge is 2.12. The molecule has 0 atom stereocenters. The molecule has 0 fully saturated rings. The Bertz CT molecular complexity index is 695. The van der Waals surface area contributed by atoms with Crippen molar-refractivity contribution in [1.29, 1.82) is 0 Å². The molecule has 0 unspecified atom stereocenters. The van der Waals surface area contributed by atoms with Gasteiger partial charge in [-0.2, -0.15) is 0 Å². The zero-order chi connectivity index (χ0) is 14.0. The fourth-order valence-corrected chi connectivity index (χ4v) is 1.58. The Morgan fingerprint density at radius 1 is 1.32 bits per heavy atom. The molecule has 1 heterocycles. The van der Waals surface area contributed by atoms with E-state index in [0.29, 0.717) is 11.4 Å². The summed E-state index contributed by atoms with van der Waals surface area (Å²) >= 11 is 0. The second-order valence-corrected chi connectivity index (χ2v) is 4.06. The number of halogens is 1. The van der Waals surface area contributed by atoms with Gasteiger partial charge >= 0.3 is 0 Å². The van der Waals surface area contributed by atoms with E-state index in [-0.39, 0.29) is 11.1 Å². The number of pyridine rings is 1. The number of nitrogens with two attached hydrogens (primary N) is 1. The molecule has 0 radical (unpaired) electrons. The average Bonchev–Trinajstić information content (AvgIpc) is 2.36. The van der Waals surface area contributed by atoms with Crippen molar-refractivity contribution >= 4 is 17.3 Å². The van der Waals surface area contributed by atoms with E-state index in [1.165, 1.54) is 35.0 Å². The van der Waals surface area contributed by atoms with Gasteiger partial charge in [0.1, 0.15) is 5.82 Å². The number of carbonyl (C=O) groups is 1. The van der Waals surface area contributed by atoms with E-state index in [9.17, 15) is 14.0 Å². The normalized spacial score (nSPS) is 10.2. The van der Waals surface area contributed by atoms with Crippen LogP contribution in [0, 0.1) is 5.82 Å². The Morgan fingerprint density at radius 3 is 2.74 bits per heavy atom. The number of nitrogens with one attached hydrogen (secondary N) is 1. The van der Waals surface area contributed by atoms with Crippen molar-refractivity contribution in [3.05, 3.63) is 58.3 Å². The predicted octanol–water partition coefficient (Wildman–Crippen LogP) is 1.36. The third kappa shape index (κ3) is 2.79. The van der Waals surface area contributed by atoms with E-state index >= 15 is 0 Å². The van der Waals surface area contributed by atoms with Crippen LogP contribution < -0.4 is 16.6 Å². The van der Waals surface area contributed by atoms with E-state index < -0.39 is 11.7 Å². The topological polar surface area (TPSA) is 77.1 Å². The molecule has 3 N–H and O–H groups in total. The van der Waals surface area contributed by atoms with Gasteiger partial charge in [0.15, 0.2) is 0 Å². The van der Waals surface area contributed by atoms with Crippen LogP contribution in [-0.2, 0) is 7.05 Å². The Balaban J connectivity index is 2.28. The van der Waals surface area contributed by atoms with Crippen molar-refractivity contribution in [2.45, 2.75) is 0 Å². The molecule has 0 bridgehead atoms. The van der Waals surface area contributed by atoms with E-state index in [2.05, 4.69) is 5.32 Å². The van der Waals surface area contributed by atoms with Gasteiger partial charge < -0.3 is 15.6 Å². The maximum absolute atomic E-state index is 13.5. The highest BCUT2D eigenvalue weighted by molar-refractivity contribution is 6.04. The number of carbonyl (C=O) groups excluding carboxylic acids is 1. The third-order valence-corrected chi connectivity index (χ3v) is 2.58. The van der Waals surface area contributed by atoms with Crippen LogP contribution in [0.1, 0.15) is 10.4 Å². The largest absolute Gasteiger partial charge is 0.399 e.